The van der Waals surface area contributed by atoms with Gasteiger partial charge in [0.25, 0.3) is 5.56 Å². The third-order valence-electron chi connectivity index (χ3n) is 4.88. The molecule has 8 nitrogen and oxygen atoms in total. The predicted molar refractivity (Wildman–Crippen MR) is 116 cm³/mol. The number of benzene rings is 1. The van der Waals surface area contributed by atoms with Crippen LogP contribution in [0.3, 0.4) is 0 Å². The molecule has 0 spiro atoms. The van der Waals surface area contributed by atoms with Gasteiger partial charge in [0.15, 0.2) is 11.6 Å². The van der Waals surface area contributed by atoms with Gasteiger partial charge in [-0.15, -0.1) is 0 Å². The first kappa shape index (κ1) is 21.8. The number of nitriles is 1. The second-order valence-corrected chi connectivity index (χ2v) is 8.23. The predicted octanol–water partition coefficient (Wildman–Crippen LogP) is 2.76. The van der Waals surface area contributed by atoms with Gasteiger partial charge in [-0.2, -0.15) is 5.26 Å². The summed E-state index contributed by atoms with van der Waals surface area (Å²) in [6.45, 7) is 7.97. The summed E-state index contributed by atoms with van der Waals surface area (Å²) in [5.41, 5.74) is 2.01. The molecule has 0 fully saturated rings. The fourth-order valence-electron chi connectivity index (χ4n) is 3.08. The molecule has 1 amide bonds. The first-order chi connectivity index (χ1) is 14.7. The van der Waals surface area contributed by atoms with Crippen LogP contribution in [-0.4, -0.2) is 25.8 Å². The summed E-state index contributed by atoms with van der Waals surface area (Å²) in [7, 11) is 0. The van der Waals surface area contributed by atoms with Crippen LogP contribution in [0.2, 0.25) is 0 Å². The maximum atomic E-state index is 12.6. The van der Waals surface area contributed by atoms with E-state index < -0.39 is 17.5 Å². The van der Waals surface area contributed by atoms with Gasteiger partial charge in [0.05, 0.1) is 12.5 Å². The molecule has 1 unspecified atom stereocenters. The number of aromatic nitrogens is 4. The van der Waals surface area contributed by atoms with E-state index >= 15 is 0 Å². The van der Waals surface area contributed by atoms with E-state index in [0.29, 0.717) is 17.1 Å². The highest BCUT2D eigenvalue weighted by Crippen LogP contribution is 2.24. The van der Waals surface area contributed by atoms with Crippen molar-refractivity contribution >= 4 is 5.91 Å². The van der Waals surface area contributed by atoms with Gasteiger partial charge >= 0.3 is 0 Å². The Morgan fingerprint density at radius 1 is 1.19 bits per heavy atom. The van der Waals surface area contributed by atoms with Gasteiger partial charge in [-0.3, -0.25) is 9.59 Å². The second-order valence-electron chi connectivity index (χ2n) is 8.23. The molecule has 3 aromatic rings. The molecule has 2 aromatic heterocycles. The number of nitrogens with one attached hydrogen (secondary N) is 2. The van der Waals surface area contributed by atoms with Crippen LogP contribution in [-0.2, 0) is 16.6 Å². The highest BCUT2D eigenvalue weighted by atomic mass is 16.2. The van der Waals surface area contributed by atoms with Crippen molar-refractivity contribution in [3.8, 4) is 17.7 Å². The van der Waals surface area contributed by atoms with Gasteiger partial charge in [0.2, 0.25) is 5.91 Å². The van der Waals surface area contributed by atoms with E-state index in [2.05, 4.69) is 52.1 Å². The molecule has 0 aliphatic heterocycles. The molecule has 1 aromatic carbocycles. The zero-order valence-corrected chi connectivity index (χ0v) is 17.9. The monoisotopic (exact) mass is 416 g/mol. The van der Waals surface area contributed by atoms with Gasteiger partial charge < -0.3 is 10.3 Å². The van der Waals surface area contributed by atoms with Crippen molar-refractivity contribution in [1.29, 1.82) is 5.26 Å². The van der Waals surface area contributed by atoms with Gasteiger partial charge in [0.1, 0.15) is 6.04 Å². The second kappa shape index (κ2) is 8.88. The third-order valence-corrected chi connectivity index (χ3v) is 4.88. The lowest BCUT2D eigenvalue weighted by Gasteiger charge is -2.20. The largest absolute Gasteiger partial charge is 0.336 e. The molecule has 1 atom stereocenters. The summed E-state index contributed by atoms with van der Waals surface area (Å²) >= 11 is 0. The van der Waals surface area contributed by atoms with Crippen LogP contribution in [0.5, 0.6) is 0 Å². The van der Waals surface area contributed by atoms with Crippen LogP contribution in [0.25, 0.3) is 11.6 Å². The Hall–Kier alpha value is -3.86. The normalized spacial score (nSPS) is 12.1. The Morgan fingerprint density at radius 3 is 2.39 bits per heavy atom. The number of hydrogen-bond acceptors (Lipinski definition) is 6. The molecule has 3 rings (SSSR count). The lowest BCUT2D eigenvalue weighted by molar-refractivity contribution is -0.120. The Bertz CT molecular complexity index is 1170. The standard InChI is InChI=1S/C23H24N6O2/c1-14-17(22(31)29-21(27-14)20-25-10-5-11-26-20)12-19(30)28-18(13-24)15-6-8-16(9-7-15)23(2,3)4/h5-11,18H,12H2,1-4H3,(H,28,30)(H,27,29,31). The molecule has 0 bridgehead atoms. The molecule has 0 saturated heterocycles. The lowest BCUT2D eigenvalue weighted by Crippen LogP contribution is -2.31. The van der Waals surface area contributed by atoms with Crippen LogP contribution >= 0.6 is 0 Å². The molecule has 0 saturated carbocycles. The Morgan fingerprint density at radius 2 is 1.84 bits per heavy atom. The van der Waals surface area contributed by atoms with E-state index in [0.717, 1.165) is 5.56 Å². The molecule has 0 aliphatic carbocycles. The number of rotatable bonds is 5. The topological polar surface area (TPSA) is 124 Å². The zero-order chi connectivity index (χ0) is 22.6. The molecule has 8 heteroatoms. The van der Waals surface area contributed by atoms with Crippen LogP contribution in [0, 0.1) is 18.3 Å². The van der Waals surface area contributed by atoms with E-state index in [-0.39, 0.29) is 23.2 Å². The van der Waals surface area contributed by atoms with E-state index in [9.17, 15) is 14.9 Å². The van der Waals surface area contributed by atoms with Crippen molar-refractivity contribution in [2.24, 2.45) is 0 Å². The summed E-state index contributed by atoms with van der Waals surface area (Å²) in [5.74, 6) is 0.0913. The molecular formula is C23H24N6O2. The van der Waals surface area contributed by atoms with Crippen molar-refractivity contribution in [1.82, 2.24) is 25.3 Å². The maximum Gasteiger partial charge on any atom is 0.255 e. The highest BCUT2D eigenvalue weighted by molar-refractivity contribution is 5.79. The number of amides is 1. The van der Waals surface area contributed by atoms with Crippen LogP contribution in [0.15, 0.2) is 47.5 Å². The number of hydrogen-bond donors (Lipinski definition) is 2. The SMILES string of the molecule is Cc1nc(-c2ncccn2)[nH]c(=O)c1CC(=O)NC(C#N)c1ccc(C(C)(C)C)cc1. The van der Waals surface area contributed by atoms with Crippen LogP contribution < -0.4 is 10.9 Å². The van der Waals surface area contributed by atoms with Gasteiger partial charge in [-0.25, -0.2) is 15.0 Å². The van der Waals surface area contributed by atoms with Crippen LogP contribution in [0.4, 0.5) is 0 Å². The van der Waals surface area contributed by atoms with E-state index in [1.54, 1.807) is 25.4 Å². The number of carbonyl (C=O) groups excluding carboxylic acids is 1. The van der Waals surface area contributed by atoms with Crippen molar-refractivity contribution in [3.05, 3.63) is 75.5 Å². The first-order valence-corrected chi connectivity index (χ1v) is 9.85. The van der Waals surface area contributed by atoms with Crippen molar-refractivity contribution in [2.45, 2.75) is 45.6 Å². The number of nitrogens with zero attached hydrogens (tertiary/aromatic N) is 4. The minimum absolute atomic E-state index is 0.00752. The maximum absolute atomic E-state index is 12.6. The number of H-pyrrole nitrogens is 1. The molecule has 2 N–H and O–H groups in total. The fourth-order valence-corrected chi connectivity index (χ4v) is 3.08. The van der Waals surface area contributed by atoms with E-state index in [1.807, 2.05) is 24.3 Å². The summed E-state index contributed by atoms with van der Waals surface area (Å²) in [5, 5.41) is 12.2. The molecule has 0 radical (unpaired) electrons. The third kappa shape index (κ3) is 5.20. The van der Waals surface area contributed by atoms with E-state index in [4.69, 9.17) is 0 Å². The molecular weight excluding hydrogens is 392 g/mol. The quantitative estimate of drug-likeness (QED) is 0.659. The Labute approximate surface area is 180 Å². The van der Waals surface area contributed by atoms with Crippen LogP contribution in [0.1, 0.15) is 49.2 Å². The molecule has 158 valence electrons. The highest BCUT2D eigenvalue weighted by Gasteiger charge is 2.19. The first-order valence-electron chi connectivity index (χ1n) is 9.85. The average Bonchev–Trinajstić information content (AvgIpc) is 2.74. The molecule has 31 heavy (non-hydrogen) atoms. The lowest BCUT2D eigenvalue weighted by atomic mass is 9.86. The number of aromatic amines is 1. The smallest absolute Gasteiger partial charge is 0.255 e. The molecule has 2 heterocycles. The van der Waals surface area contributed by atoms with Crippen molar-refractivity contribution in [2.75, 3.05) is 0 Å². The summed E-state index contributed by atoms with van der Waals surface area (Å²) < 4.78 is 0. The Balaban J connectivity index is 1.75. The van der Waals surface area contributed by atoms with Crippen molar-refractivity contribution < 1.29 is 4.79 Å². The molecule has 0 aliphatic rings. The summed E-state index contributed by atoms with van der Waals surface area (Å²) in [6.07, 6.45) is 2.91. The van der Waals surface area contributed by atoms with E-state index in [1.165, 1.54) is 0 Å². The van der Waals surface area contributed by atoms with Gasteiger partial charge in [-0.1, -0.05) is 45.0 Å². The minimum atomic E-state index is -0.814. The fraction of sp³-hybridized carbons (Fsp3) is 0.304. The van der Waals surface area contributed by atoms with Crippen molar-refractivity contribution in [3.63, 3.8) is 0 Å². The summed E-state index contributed by atoms with van der Waals surface area (Å²) in [4.78, 5) is 40.2. The van der Waals surface area contributed by atoms with Gasteiger partial charge in [0, 0.05) is 23.7 Å². The Kier molecular flexibility index (Phi) is 6.25. The summed E-state index contributed by atoms with van der Waals surface area (Å²) in [6, 6.07) is 10.5. The van der Waals surface area contributed by atoms with Gasteiger partial charge in [-0.05, 0) is 29.5 Å². The minimum Gasteiger partial charge on any atom is -0.336 e. The average molecular weight is 416 g/mol. The number of aryl methyl sites for hydroxylation is 1. The number of carbonyl (C=O) groups is 1. The zero-order valence-electron chi connectivity index (χ0n) is 17.9.